The largest absolute Gasteiger partial charge is 0.340 e. The number of halogens is 1. The first-order valence-corrected chi connectivity index (χ1v) is 11.3. The third-order valence-corrected chi connectivity index (χ3v) is 5.69. The van der Waals surface area contributed by atoms with Crippen LogP contribution in [0.2, 0.25) is 5.02 Å². The molecule has 0 saturated carbocycles. The number of piperazine rings is 1. The Kier molecular flexibility index (Phi) is 7.16. The lowest BCUT2D eigenvalue weighted by Crippen LogP contribution is -2.48. The Morgan fingerprint density at radius 1 is 1.03 bits per heavy atom. The molecule has 0 N–H and O–H groups in total. The van der Waals surface area contributed by atoms with E-state index in [0.717, 1.165) is 18.7 Å². The van der Waals surface area contributed by atoms with E-state index in [2.05, 4.69) is 25.2 Å². The van der Waals surface area contributed by atoms with Gasteiger partial charge >= 0.3 is 0 Å². The number of benzene rings is 1. The Morgan fingerprint density at radius 2 is 1.75 bits per heavy atom. The summed E-state index contributed by atoms with van der Waals surface area (Å²) >= 11 is 5.93. The van der Waals surface area contributed by atoms with E-state index < -0.39 is 0 Å². The average Bonchev–Trinajstić information content (AvgIpc) is 3.45. The summed E-state index contributed by atoms with van der Waals surface area (Å²) in [6.45, 7) is 7.53. The molecule has 0 radical (unpaired) electrons. The molecule has 1 aliphatic rings. The summed E-state index contributed by atoms with van der Waals surface area (Å²) in [5, 5.41) is 8.68. The highest BCUT2D eigenvalue weighted by molar-refractivity contribution is 6.30. The molecule has 4 rings (SSSR count). The molecule has 10 heteroatoms. The number of hydrogen-bond donors (Lipinski definition) is 0. The SMILES string of the molecule is CC(C)c1noc(CCCC(=O)N2CCN(Cc3nc(-c4ccc(Cl)cc4)no3)CC2)n1. The summed E-state index contributed by atoms with van der Waals surface area (Å²) in [4.78, 5) is 25.5. The minimum atomic E-state index is 0.163. The molecule has 0 unspecified atom stereocenters. The monoisotopic (exact) mass is 458 g/mol. The summed E-state index contributed by atoms with van der Waals surface area (Å²) in [5.41, 5.74) is 0.862. The van der Waals surface area contributed by atoms with E-state index in [4.69, 9.17) is 20.6 Å². The second-order valence-corrected chi connectivity index (χ2v) is 8.67. The van der Waals surface area contributed by atoms with Crippen LogP contribution in [0.1, 0.15) is 50.2 Å². The van der Waals surface area contributed by atoms with E-state index in [9.17, 15) is 4.79 Å². The van der Waals surface area contributed by atoms with E-state index in [-0.39, 0.29) is 11.8 Å². The second-order valence-electron chi connectivity index (χ2n) is 8.23. The lowest BCUT2D eigenvalue weighted by molar-refractivity contribution is -0.133. The van der Waals surface area contributed by atoms with Crippen LogP contribution >= 0.6 is 11.6 Å². The van der Waals surface area contributed by atoms with Crippen LogP contribution in [0.3, 0.4) is 0 Å². The van der Waals surface area contributed by atoms with Crippen LogP contribution < -0.4 is 0 Å². The fraction of sp³-hybridized carbons (Fsp3) is 0.500. The van der Waals surface area contributed by atoms with Crippen LogP contribution in [0.5, 0.6) is 0 Å². The molecule has 3 heterocycles. The van der Waals surface area contributed by atoms with Gasteiger partial charge in [-0.3, -0.25) is 9.69 Å². The number of carbonyl (C=O) groups excluding carboxylic acids is 1. The minimum absolute atomic E-state index is 0.163. The Balaban J connectivity index is 1.19. The Bertz CT molecular complexity index is 1020. The number of aryl methyl sites for hydroxylation is 1. The zero-order valence-electron chi connectivity index (χ0n) is 18.3. The first kappa shape index (κ1) is 22.4. The van der Waals surface area contributed by atoms with Gasteiger partial charge in [0, 0.05) is 55.5 Å². The Hall–Kier alpha value is -2.78. The Morgan fingerprint density at radius 3 is 2.44 bits per heavy atom. The van der Waals surface area contributed by atoms with Gasteiger partial charge in [0.15, 0.2) is 5.82 Å². The van der Waals surface area contributed by atoms with E-state index in [1.165, 1.54) is 0 Å². The molecule has 9 nitrogen and oxygen atoms in total. The van der Waals surface area contributed by atoms with Crippen molar-refractivity contribution in [2.45, 2.75) is 45.6 Å². The zero-order chi connectivity index (χ0) is 22.5. The van der Waals surface area contributed by atoms with Gasteiger partial charge in [-0.1, -0.05) is 35.8 Å². The molecule has 3 aromatic rings. The summed E-state index contributed by atoms with van der Waals surface area (Å²) in [5.74, 6) is 2.83. The highest BCUT2D eigenvalue weighted by Gasteiger charge is 2.22. The van der Waals surface area contributed by atoms with Crippen LogP contribution in [-0.4, -0.2) is 62.2 Å². The standard InChI is InChI=1S/C22H27ClN6O3/c1-15(2)21-24-18(31-26-21)4-3-5-20(30)29-12-10-28(11-13-29)14-19-25-22(27-32-19)16-6-8-17(23)9-7-16/h6-9,15H,3-5,10-14H2,1-2H3. The molecule has 0 atom stereocenters. The van der Waals surface area contributed by atoms with Crippen LogP contribution in [0, 0.1) is 0 Å². The van der Waals surface area contributed by atoms with Gasteiger partial charge in [-0.25, -0.2) is 0 Å². The molecule has 2 aromatic heterocycles. The summed E-state index contributed by atoms with van der Waals surface area (Å²) in [7, 11) is 0. The van der Waals surface area contributed by atoms with Crippen molar-refractivity contribution >= 4 is 17.5 Å². The minimum Gasteiger partial charge on any atom is -0.340 e. The molecule has 170 valence electrons. The number of aromatic nitrogens is 4. The van der Waals surface area contributed by atoms with E-state index >= 15 is 0 Å². The molecule has 1 fully saturated rings. The fourth-order valence-corrected chi connectivity index (χ4v) is 3.66. The van der Waals surface area contributed by atoms with Crippen molar-refractivity contribution in [2.75, 3.05) is 26.2 Å². The summed E-state index contributed by atoms with van der Waals surface area (Å²) in [6.07, 6.45) is 1.81. The molecule has 0 aliphatic carbocycles. The van der Waals surface area contributed by atoms with Crippen molar-refractivity contribution in [1.29, 1.82) is 0 Å². The van der Waals surface area contributed by atoms with Crippen LogP contribution in [-0.2, 0) is 17.8 Å². The van der Waals surface area contributed by atoms with Crippen molar-refractivity contribution < 1.29 is 13.8 Å². The predicted molar refractivity (Wildman–Crippen MR) is 118 cm³/mol. The summed E-state index contributed by atoms with van der Waals surface area (Å²) < 4.78 is 10.6. The number of amides is 1. The zero-order valence-corrected chi connectivity index (χ0v) is 19.1. The topological polar surface area (TPSA) is 101 Å². The van der Waals surface area contributed by atoms with Gasteiger partial charge in [-0.05, 0) is 30.7 Å². The molecule has 1 saturated heterocycles. The lowest BCUT2D eigenvalue weighted by atomic mass is 10.2. The predicted octanol–water partition coefficient (Wildman–Crippen LogP) is 3.56. The molecule has 32 heavy (non-hydrogen) atoms. The van der Waals surface area contributed by atoms with Crippen molar-refractivity contribution in [3.05, 3.63) is 46.9 Å². The van der Waals surface area contributed by atoms with Crippen LogP contribution in [0.4, 0.5) is 0 Å². The third kappa shape index (κ3) is 5.72. The quantitative estimate of drug-likeness (QED) is 0.505. The van der Waals surface area contributed by atoms with Crippen LogP contribution in [0.15, 0.2) is 33.3 Å². The maximum Gasteiger partial charge on any atom is 0.241 e. The number of rotatable bonds is 8. The first-order chi connectivity index (χ1) is 15.5. The molecule has 0 bridgehead atoms. The van der Waals surface area contributed by atoms with Gasteiger partial charge in [-0.2, -0.15) is 9.97 Å². The lowest BCUT2D eigenvalue weighted by Gasteiger charge is -2.34. The van der Waals surface area contributed by atoms with Gasteiger partial charge in [0.1, 0.15) is 0 Å². The second kappa shape index (κ2) is 10.2. The van der Waals surface area contributed by atoms with Gasteiger partial charge in [0.05, 0.1) is 6.54 Å². The van der Waals surface area contributed by atoms with E-state index in [0.29, 0.717) is 67.3 Å². The van der Waals surface area contributed by atoms with Gasteiger partial charge < -0.3 is 13.9 Å². The average molecular weight is 459 g/mol. The fourth-order valence-electron chi connectivity index (χ4n) is 3.54. The van der Waals surface area contributed by atoms with Crippen LogP contribution in [0.25, 0.3) is 11.4 Å². The van der Waals surface area contributed by atoms with E-state index in [1.807, 2.05) is 30.9 Å². The van der Waals surface area contributed by atoms with Crippen molar-refractivity contribution in [3.8, 4) is 11.4 Å². The maximum absolute atomic E-state index is 12.5. The van der Waals surface area contributed by atoms with Gasteiger partial charge in [-0.15, -0.1) is 0 Å². The van der Waals surface area contributed by atoms with E-state index in [1.54, 1.807) is 12.1 Å². The van der Waals surface area contributed by atoms with Crippen molar-refractivity contribution in [2.24, 2.45) is 0 Å². The number of nitrogens with zero attached hydrogens (tertiary/aromatic N) is 6. The van der Waals surface area contributed by atoms with Crippen molar-refractivity contribution in [1.82, 2.24) is 30.1 Å². The highest BCUT2D eigenvalue weighted by Crippen LogP contribution is 2.19. The molecule has 0 spiro atoms. The van der Waals surface area contributed by atoms with Crippen molar-refractivity contribution in [3.63, 3.8) is 0 Å². The molecule has 1 aliphatic heterocycles. The van der Waals surface area contributed by atoms with Gasteiger partial charge in [0.2, 0.25) is 23.5 Å². The third-order valence-electron chi connectivity index (χ3n) is 5.44. The first-order valence-electron chi connectivity index (χ1n) is 10.9. The molecule has 1 aromatic carbocycles. The Labute approximate surface area is 191 Å². The molecular weight excluding hydrogens is 432 g/mol. The molecular formula is C22H27ClN6O3. The normalized spacial score (nSPS) is 14.9. The van der Waals surface area contributed by atoms with Gasteiger partial charge in [0.25, 0.3) is 0 Å². The highest BCUT2D eigenvalue weighted by atomic mass is 35.5. The number of hydrogen-bond acceptors (Lipinski definition) is 8. The number of carbonyl (C=O) groups is 1. The molecule has 1 amide bonds. The maximum atomic E-state index is 12.5. The summed E-state index contributed by atoms with van der Waals surface area (Å²) in [6, 6.07) is 7.33. The smallest absolute Gasteiger partial charge is 0.241 e.